The van der Waals surface area contributed by atoms with Crippen LogP contribution in [0.5, 0.6) is 0 Å². The molecule has 0 atom stereocenters. The Kier molecular flexibility index (Phi) is 1.46. The van der Waals surface area contributed by atoms with Crippen molar-refractivity contribution in [3.63, 3.8) is 0 Å². The van der Waals surface area contributed by atoms with E-state index in [0.29, 0.717) is 5.65 Å². The molecule has 0 saturated heterocycles. The lowest BCUT2D eigenvalue weighted by atomic mass is 10.3. The lowest BCUT2D eigenvalue weighted by molar-refractivity contribution is 1.01. The van der Waals surface area contributed by atoms with E-state index in [9.17, 15) is 0 Å². The summed E-state index contributed by atoms with van der Waals surface area (Å²) in [5.74, 6) is 0. The highest BCUT2D eigenvalue weighted by atomic mass is 15.1. The molecule has 0 saturated carbocycles. The zero-order valence-corrected chi connectivity index (χ0v) is 6.94. The Hall–Kier alpha value is -1.58. The second kappa shape index (κ2) is 2.48. The minimum absolute atomic E-state index is 0.620. The second-order valence-corrected chi connectivity index (χ2v) is 2.71. The molecule has 0 bridgehead atoms. The first-order valence-corrected chi connectivity index (χ1v) is 3.69. The molecule has 0 aromatic carbocycles. The molecule has 0 spiro atoms. The molecule has 0 amide bonds. The van der Waals surface area contributed by atoms with Crippen molar-refractivity contribution < 1.29 is 0 Å². The van der Waals surface area contributed by atoms with E-state index < -0.39 is 0 Å². The molecule has 2 aromatic rings. The molecule has 4 heteroatoms. The predicted octanol–water partition coefficient (Wildman–Crippen LogP) is 1.04. The van der Waals surface area contributed by atoms with Gasteiger partial charge in [-0.05, 0) is 19.4 Å². The molecule has 2 aromatic heterocycles. The first-order valence-electron chi connectivity index (χ1n) is 3.69. The predicted molar refractivity (Wildman–Crippen MR) is 44.6 cm³/mol. The van der Waals surface area contributed by atoms with E-state index in [1.165, 1.54) is 0 Å². The molecular weight excluding hydrogens is 152 g/mol. The first kappa shape index (κ1) is 7.09. The number of nitrogens with zero attached hydrogens (tertiary/aromatic N) is 4. The van der Waals surface area contributed by atoms with Gasteiger partial charge in [-0.3, -0.25) is 4.98 Å². The highest BCUT2D eigenvalue weighted by molar-refractivity contribution is 5.72. The van der Waals surface area contributed by atoms with Gasteiger partial charge in [0.1, 0.15) is 5.52 Å². The van der Waals surface area contributed by atoms with Crippen molar-refractivity contribution in [3.8, 4) is 0 Å². The summed E-state index contributed by atoms with van der Waals surface area (Å²) in [6, 6.07) is 0. The largest absolute Gasteiger partial charge is 0.251 e. The highest BCUT2D eigenvalue weighted by Gasteiger charge is 2.00. The van der Waals surface area contributed by atoms with Gasteiger partial charge >= 0.3 is 0 Å². The Balaban J connectivity index is 2.86. The van der Waals surface area contributed by atoms with Crippen molar-refractivity contribution in [3.05, 3.63) is 23.7 Å². The van der Waals surface area contributed by atoms with Crippen LogP contribution in [0.25, 0.3) is 11.2 Å². The molecule has 0 aliphatic rings. The monoisotopic (exact) mass is 160 g/mol. The van der Waals surface area contributed by atoms with Crippen molar-refractivity contribution in [2.24, 2.45) is 0 Å². The maximum atomic E-state index is 4.22. The quantitative estimate of drug-likeness (QED) is 0.577. The van der Waals surface area contributed by atoms with E-state index in [2.05, 4.69) is 20.2 Å². The van der Waals surface area contributed by atoms with Crippen LogP contribution in [0.3, 0.4) is 0 Å². The van der Waals surface area contributed by atoms with Crippen LogP contribution in [0.15, 0.2) is 12.4 Å². The summed E-state index contributed by atoms with van der Waals surface area (Å²) in [4.78, 5) is 8.42. The number of hydrogen-bond donors (Lipinski definition) is 0. The van der Waals surface area contributed by atoms with Crippen LogP contribution in [-0.2, 0) is 0 Å². The van der Waals surface area contributed by atoms with Crippen molar-refractivity contribution in [2.45, 2.75) is 13.8 Å². The van der Waals surface area contributed by atoms with Crippen LogP contribution in [0, 0.1) is 13.8 Å². The summed E-state index contributed by atoms with van der Waals surface area (Å²) in [5, 5.41) is 7.68. The van der Waals surface area contributed by atoms with Gasteiger partial charge in [0.05, 0.1) is 11.9 Å². The Bertz CT molecular complexity index is 424. The average Bonchev–Trinajstić information content (AvgIpc) is 2.04. The summed E-state index contributed by atoms with van der Waals surface area (Å²) in [5.41, 5.74) is 3.32. The lowest BCUT2D eigenvalue weighted by Gasteiger charge is -1.97. The summed E-state index contributed by atoms with van der Waals surface area (Å²) >= 11 is 0. The standard InChI is InChI=1S/C8H8N4/c1-5-3-10-12-8-7(5)9-4-6(2)11-8/h3-4H,1-2H3. The molecule has 0 fully saturated rings. The van der Waals surface area contributed by atoms with Crippen molar-refractivity contribution in [1.29, 1.82) is 0 Å². The fourth-order valence-corrected chi connectivity index (χ4v) is 1.04. The van der Waals surface area contributed by atoms with Gasteiger partial charge in [0, 0.05) is 6.20 Å². The molecule has 2 rings (SSSR count). The molecule has 4 nitrogen and oxygen atoms in total. The SMILES string of the molecule is Cc1cnc2c(C)cnnc2n1. The van der Waals surface area contributed by atoms with Gasteiger partial charge in [-0.15, -0.1) is 5.10 Å². The molecule has 60 valence electrons. The van der Waals surface area contributed by atoms with E-state index >= 15 is 0 Å². The maximum Gasteiger partial charge on any atom is 0.200 e. The average molecular weight is 160 g/mol. The van der Waals surface area contributed by atoms with E-state index in [1.807, 2.05) is 13.8 Å². The number of aromatic nitrogens is 4. The smallest absolute Gasteiger partial charge is 0.200 e. The van der Waals surface area contributed by atoms with E-state index in [4.69, 9.17) is 0 Å². The molecule has 0 radical (unpaired) electrons. The zero-order valence-electron chi connectivity index (χ0n) is 6.94. The van der Waals surface area contributed by atoms with Crippen LogP contribution in [-0.4, -0.2) is 20.2 Å². The minimum atomic E-state index is 0.620. The van der Waals surface area contributed by atoms with E-state index in [-0.39, 0.29) is 0 Å². The third-order valence-electron chi connectivity index (χ3n) is 1.65. The van der Waals surface area contributed by atoms with E-state index in [1.54, 1.807) is 12.4 Å². The second-order valence-electron chi connectivity index (χ2n) is 2.71. The van der Waals surface area contributed by atoms with Gasteiger partial charge in [-0.2, -0.15) is 5.10 Å². The van der Waals surface area contributed by atoms with Crippen LogP contribution < -0.4 is 0 Å². The molecule has 0 N–H and O–H groups in total. The number of rotatable bonds is 0. The van der Waals surface area contributed by atoms with Gasteiger partial charge < -0.3 is 0 Å². The lowest BCUT2D eigenvalue weighted by Crippen LogP contribution is -1.94. The zero-order chi connectivity index (χ0) is 8.55. The molecule has 0 aliphatic heterocycles. The molecular formula is C8H8N4. The summed E-state index contributed by atoms with van der Waals surface area (Å²) in [7, 11) is 0. The van der Waals surface area contributed by atoms with Gasteiger partial charge in [0.15, 0.2) is 0 Å². The minimum Gasteiger partial charge on any atom is -0.251 e. The molecule has 12 heavy (non-hydrogen) atoms. The van der Waals surface area contributed by atoms with Crippen LogP contribution in [0.1, 0.15) is 11.3 Å². The fraction of sp³-hybridized carbons (Fsp3) is 0.250. The van der Waals surface area contributed by atoms with Gasteiger partial charge in [0.25, 0.3) is 0 Å². The first-order chi connectivity index (χ1) is 5.77. The summed E-state index contributed by atoms with van der Waals surface area (Å²) < 4.78 is 0. The molecule has 2 heterocycles. The Labute approximate surface area is 69.7 Å². The molecule has 0 unspecified atom stereocenters. The fourth-order valence-electron chi connectivity index (χ4n) is 1.04. The maximum absolute atomic E-state index is 4.22. The normalized spacial score (nSPS) is 10.5. The third kappa shape index (κ3) is 1.01. The Morgan fingerprint density at radius 1 is 1.17 bits per heavy atom. The number of aryl methyl sites for hydroxylation is 2. The van der Waals surface area contributed by atoms with Crippen molar-refractivity contribution in [2.75, 3.05) is 0 Å². The van der Waals surface area contributed by atoms with Crippen molar-refractivity contribution in [1.82, 2.24) is 20.2 Å². The number of fused-ring (bicyclic) bond motifs is 1. The van der Waals surface area contributed by atoms with Gasteiger partial charge in [-0.1, -0.05) is 0 Å². The topological polar surface area (TPSA) is 51.6 Å². The summed E-state index contributed by atoms with van der Waals surface area (Å²) in [6.07, 6.45) is 3.42. The van der Waals surface area contributed by atoms with Crippen LogP contribution in [0.2, 0.25) is 0 Å². The van der Waals surface area contributed by atoms with Gasteiger partial charge in [0.2, 0.25) is 5.65 Å². The highest BCUT2D eigenvalue weighted by Crippen LogP contribution is 2.08. The Morgan fingerprint density at radius 2 is 2.00 bits per heavy atom. The number of hydrogen-bond acceptors (Lipinski definition) is 4. The Morgan fingerprint density at radius 3 is 2.83 bits per heavy atom. The van der Waals surface area contributed by atoms with Crippen LogP contribution >= 0.6 is 0 Å². The van der Waals surface area contributed by atoms with Gasteiger partial charge in [-0.25, -0.2) is 4.98 Å². The third-order valence-corrected chi connectivity index (χ3v) is 1.65. The molecule has 0 aliphatic carbocycles. The summed E-state index contributed by atoms with van der Waals surface area (Å²) in [6.45, 7) is 3.83. The van der Waals surface area contributed by atoms with Crippen LogP contribution in [0.4, 0.5) is 0 Å². The van der Waals surface area contributed by atoms with E-state index in [0.717, 1.165) is 16.8 Å². The van der Waals surface area contributed by atoms with Crippen molar-refractivity contribution >= 4 is 11.2 Å².